The number of furan rings is 1. The summed E-state index contributed by atoms with van der Waals surface area (Å²) in [5.41, 5.74) is 1.91. The molecule has 0 spiro atoms. The molecular weight excluding hydrogens is 446 g/mol. The molecule has 4 rings (SSSR count). The second-order valence-corrected chi connectivity index (χ2v) is 9.92. The lowest BCUT2D eigenvalue weighted by Crippen LogP contribution is -2.40. The van der Waals surface area contributed by atoms with E-state index in [4.69, 9.17) is 9.15 Å². The number of hydrogen-bond acceptors (Lipinski definition) is 7. The predicted octanol–water partition coefficient (Wildman–Crippen LogP) is 2.63. The number of benzene rings is 1. The summed E-state index contributed by atoms with van der Waals surface area (Å²) in [4.78, 5) is 29.0. The number of amides is 1. The molecule has 2 heterocycles. The number of esters is 1. The highest BCUT2D eigenvalue weighted by Crippen LogP contribution is 2.31. The summed E-state index contributed by atoms with van der Waals surface area (Å²) >= 11 is 0. The lowest BCUT2D eigenvalue weighted by Gasteiger charge is -2.30. The van der Waals surface area contributed by atoms with Gasteiger partial charge in [-0.1, -0.05) is 18.2 Å². The molecule has 10 heteroatoms. The zero-order valence-electron chi connectivity index (χ0n) is 18.7. The van der Waals surface area contributed by atoms with Crippen molar-refractivity contribution in [1.82, 2.24) is 9.73 Å². The normalized spacial score (nSPS) is 18.1. The first-order valence-corrected chi connectivity index (χ1v) is 12.4. The van der Waals surface area contributed by atoms with E-state index < -0.39 is 10.0 Å². The van der Waals surface area contributed by atoms with E-state index in [-0.39, 0.29) is 28.5 Å². The molecule has 2 aromatic rings. The minimum atomic E-state index is -3.80. The van der Waals surface area contributed by atoms with Crippen molar-refractivity contribution in [2.24, 2.45) is 11.0 Å². The van der Waals surface area contributed by atoms with Crippen LogP contribution in [0.2, 0.25) is 0 Å². The van der Waals surface area contributed by atoms with E-state index in [1.54, 1.807) is 30.0 Å². The van der Waals surface area contributed by atoms with Gasteiger partial charge < -0.3 is 14.1 Å². The van der Waals surface area contributed by atoms with Crippen LogP contribution in [0.4, 0.5) is 0 Å². The number of aryl methyl sites for hydroxylation is 1. The highest BCUT2D eigenvalue weighted by Gasteiger charge is 2.33. The number of nitrogens with zero attached hydrogens (tertiary/aromatic N) is 2. The Morgan fingerprint density at radius 1 is 1.15 bits per heavy atom. The molecule has 0 radical (unpaired) electrons. The lowest BCUT2D eigenvalue weighted by molar-refractivity contribution is -0.146. The minimum absolute atomic E-state index is 0.125. The summed E-state index contributed by atoms with van der Waals surface area (Å²) in [7, 11) is -2.43. The molecule has 1 saturated heterocycles. The van der Waals surface area contributed by atoms with Crippen molar-refractivity contribution in [3.8, 4) is 0 Å². The van der Waals surface area contributed by atoms with Gasteiger partial charge in [0.2, 0.25) is 0 Å². The molecule has 9 nitrogen and oxygen atoms in total. The number of ether oxygens (including phenoxy) is 1. The Labute approximate surface area is 192 Å². The third kappa shape index (κ3) is 4.66. The highest BCUT2D eigenvalue weighted by molar-refractivity contribution is 7.89. The smallest absolute Gasteiger partial charge is 0.308 e. The number of hydrogen-bond donors (Lipinski definition) is 1. The molecule has 1 aliphatic carbocycles. The minimum Gasteiger partial charge on any atom is -0.469 e. The van der Waals surface area contributed by atoms with Gasteiger partial charge in [-0.3, -0.25) is 9.59 Å². The number of likely N-dealkylation sites (tertiary alicyclic amines) is 1. The number of carbonyl (C=O) groups is 2. The Kier molecular flexibility index (Phi) is 6.55. The van der Waals surface area contributed by atoms with Crippen molar-refractivity contribution in [3.05, 3.63) is 53.0 Å². The van der Waals surface area contributed by atoms with Crippen molar-refractivity contribution in [2.75, 3.05) is 20.2 Å². The average molecular weight is 474 g/mol. The van der Waals surface area contributed by atoms with Gasteiger partial charge in [0.15, 0.2) is 5.76 Å². The van der Waals surface area contributed by atoms with E-state index >= 15 is 0 Å². The number of sulfonamides is 1. The van der Waals surface area contributed by atoms with E-state index in [2.05, 4.69) is 9.93 Å². The van der Waals surface area contributed by atoms with Crippen LogP contribution in [0.5, 0.6) is 0 Å². The summed E-state index contributed by atoms with van der Waals surface area (Å²) in [6, 6.07) is 8.03. The Bertz CT molecular complexity index is 1180. The molecule has 1 N–H and O–H groups in total. The molecule has 33 heavy (non-hydrogen) atoms. The molecule has 1 aromatic carbocycles. The number of methoxy groups -OCH3 is 1. The maximum Gasteiger partial charge on any atom is 0.308 e. The molecule has 1 aromatic heterocycles. The van der Waals surface area contributed by atoms with Crippen molar-refractivity contribution < 1.29 is 27.2 Å². The van der Waals surface area contributed by atoms with Crippen LogP contribution in [-0.2, 0) is 26.0 Å². The Morgan fingerprint density at radius 2 is 1.85 bits per heavy atom. The fourth-order valence-electron chi connectivity index (χ4n) is 4.38. The molecule has 0 unspecified atom stereocenters. The van der Waals surface area contributed by atoms with Gasteiger partial charge in [-0.25, -0.2) is 0 Å². The summed E-state index contributed by atoms with van der Waals surface area (Å²) in [5, 5.41) is 4.20. The molecule has 0 saturated carbocycles. The zero-order valence-corrected chi connectivity index (χ0v) is 19.5. The van der Waals surface area contributed by atoms with E-state index in [9.17, 15) is 18.0 Å². The number of fused-ring (bicyclic) bond motifs is 1. The van der Waals surface area contributed by atoms with E-state index in [0.717, 1.165) is 6.42 Å². The van der Waals surface area contributed by atoms with Crippen LogP contribution in [0.3, 0.4) is 0 Å². The molecule has 0 atom stereocenters. The number of hydrazone groups is 1. The van der Waals surface area contributed by atoms with Crippen molar-refractivity contribution in [3.63, 3.8) is 0 Å². The molecule has 0 bridgehead atoms. The summed E-state index contributed by atoms with van der Waals surface area (Å²) in [5.74, 6) is 0.225. The predicted molar refractivity (Wildman–Crippen MR) is 120 cm³/mol. The van der Waals surface area contributed by atoms with E-state index in [0.29, 0.717) is 61.4 Å². The van der Waals surface area contributed by atoms with Crippen LogP contribution < -0.4 is 4.83 Å². The molecule has 1 fully saturated rings. The fourth-order valence-corrected chi connectivity index (χ4v) is 5.23. The van der Waals surface area contributed by atoms with Crippen LogP contribution in [0.15, 0.2) is 44.7 Å². The van der Waals surface area contributed by atoms with Crippen LogP contribution in [0.1, 0.15) is 53.1 Å². The highest BCUT2D eigenvalue weighted by atomic mass is 32.2. The molecule has 1 aliphatic heterocycles. The van der Waals surface area contributed by atoms with E-state index in [1.807, 2.05) is 0 Å². The monoisotopic (exact) mass is 473 g/mol. The number of rotatable bonds is 5. The van der Waals surface area contributed by atoms with Crippen molar-refractivity contribution >= 4 is 27.6 Å². The quantitative estimate of drug-likeness (QED) is 0.527. The standard InChI is InChI=1S/C23H27N3O6S/c1-15-20-18(24-25-33(29,30)17-7-4-3-5-8-17)9-6-10-19(20)32-21(15)22(27)26-13-11-16(12-14-26)23(28)31-2/h3-5,7-8,16,25H,6,9-14H2,1-2H3/b24-18+. The van der Waals surface area contributed by atoms with Gasteiger partial charge in [0.25, 0.3) is 15.9 Å². The third-order valence-electron chi connectivity index (χ3n) is 6.19. The molecular formula is C23H27N3O6S. The number of carbonyl (C=O) groups excluding carboxylic acids is 2. The van der Waals surface area contributed by atoms with Gasteiger partial charge in [-0.15, -0.1) is 0 Å². The van der Waals surface area contributed by atoms with Gasteiger partial charge in [0.05, 0.1) is 23.6 Å². The van der Waals surface area contributed by atoms with Crippen LogP contribution in [0.25, 0.3) is 0 Å². The van der Waals surface area contributed by atoms with Gasteiger partial charge in [0.1, 0.15) is 5.76 Å². The maximum absolute atomic E-state index is 13.2. The second-order valence-electron chi connectivity index (χ2n) is 8.26. The maximum atomic E-state index is 13.2. The van der Waals surface area contributed by atoms with Crippen LogP contribution in [0, 0.1) is 12.8 Å². The Balaban J connectivity index is 1.54. The average Bonchev–Trinajstić information content (AvgIpc) is 3.19. The number of nitrogens with one attached hydrogen (secondary N) is 1. The topological polar surface area (TPSA) is 118 Å². The van der Waals surface area contributed by atoms with Gasteiger partial charge in [0, 0.05) is 30.6 Å². The van der Waals surface area contributed by atoms with Crippen LogP contribution >= 0.6 is 0 Å². The van der Waals surface area contributed by atoms with E-state index in [1.165, 1.54) is 19.2 Å². The first-order chi connectivity index (χ1) is 15.8. The van der Waals surface area contributed by atoms with Crippen molar-refractivity contribution in [1.29, 1.82) is 0 Å². The van der Waals surface area contributed by atoms with Gasteiger partial charge in [-0.2, -0.15) is 18.4 Å². The fraction of sp³-hybridized carbons (Fsp3) is 0.435. The SMILES string of the molecule is COC(=O)C1CCN(C(=O)c2oc3c(c2C)/C(=N/NS(=O)(=O)c2ccccc2)CCC3)CC1. The first-order valence-electron chi connectivity index (χ1n) is 10.9. The van der Waals surface area contributed by atoms with Crippen molar-refractivity contribution in [2.45, 2.75) is 43.9 Å². The molecule has 1 amide bonds. The zero-order chi connectivity index (χ0) is 23.6. The largest absolute Gasteiger partial charge is 0.469 e. The van der Waals surface area contributed by atoms with Gasteiger partial charge in [-0.05, 0) is 44.7 Å². The summed E-state index contributed by atoms with van der Waals surface area (Å²) < 4.78 is 35.9. The van der Waals surface area contributed by atoms with Gasteiger partial charge >= 0.3 is 5.97 Å². The second kappa shape index (κ2) is 9.38. The number of piperidine rings is 1. The first kappa shape index (κ1) is 23.0. The van der Waals surface area contributed by atoms with Crippen LogP contribution in [-0.4, -0.2) is 51.1 Å². The third-order valence-corrected chi connectivity index (χ3v) is 7.42. The molecule has 2 aliphatic rings. The Morgan fingerprint density at radius 3 is 2.52 bits per heavy atom. The Hall–Kier alpha value is -3.14. The lowest BCUT2D eigenvalue weighted by atomic mass is 9.93. The summed E-state index contributed by atoms with van der Waals surface area (Å²) in [6.45, 7) is 2.69. The summed E-state index contributed by atoms with van der Waals surface area (Å²) in [6.07, 6.45) is 3.06. The molecule has 176 valence electrons.